The fraction of sp³-hybridized carbons (Fsp3) is 0.474. The molecule has 2 atom stereocenters. The van der Waals surface area contributed by atoms with Gasteiger partial charge in [0.1, 0.15) is 5.54 Å². The number of furan rings is 1. The number of amides is 2. The molecule has 2 amide bonds. The second kappa shape index (κ2) is 7.37. The molecule has 0 bridgehead atoms. The van der Waals surface area contributed by atoms with Gasteiger partial charge in [-0.15, -0.1) is 0 Å². The maximum absolute atomic E-state index is 12.9. The third-order valence-corrected chi connectivity index (χ3v) is 5.05. The van der Waals surface area contributed by atoms with E-state index in [0.717, 1.165) is 0 Å². The number of likely N-dealkylation sites (tertiary alicyclic amines) is 1. The molecule has 1 saturated heterocycles. The molecule has 1 aliphatic rings. The largest absolute Gasteiger partial charge is 0.459 e. The number of β-amino-alcohol motifs (C(OH)–C–C–N with tert-alkyl or cyclic N) is 1. The van der Waals surface area contributed by atoms with Gasteiger partial charge in [-0.2, -0.15) is 0 Å². The van der Waals surface area contributed by atoms with E-state index in [-0.39, 0.29) is 30.0 Å². The Kier molecular flexibility index (Phi) is 5.18. The number of aromatic nitrogens is 1. The number of piperidine rings is 1. The van der Waals surface area contributed by atoms with Crippen molar-refractivity contribution in [3.63, 3.8) is 0 Å². The number of aliphatic hydroxyl groups excluding tert-OH is 1. The lowest BCUT2D eigenvalue weighted by atomic mass is 9.92. The Morgan fingerprint density at radius 1 is 1.31 bits per heavy atom. The number of hydrogen-bond donors (Lipinski definition) is 2. The predicted molar refractivity (Wildman–Crippen MR) is 95.5 cm³/mol. The minimum absolute atomic E-state index is 0.0224. The van der Waals surface area contributed by atoms with Crippen LogP contribution in [0.2, 0.25) is 0 Å². The Bertz CT molecular complexity index is 737. The number of carbonyl (C=O) groups is 2. The minimum Gasteiger partial charge on any atom is -0.459 e. The van der Waals surface area contributed by atoms with Crippen LogP contribution in [0.25, 0.3) is 0 Å². The molecule has 2 N–H and O–H groups in total. The van der Waals surface area contributed by atoms with Gasteiger partial charge in [-0.1, -0.05) is 0 Å². The fourth-order valence-corrected chi connectivity index (χ4v) is 3.33. The summed E-state index contributed by atoms with van der Waals surface area (Å²) in [5, 5.41) is 13.2. The van der Waals surface area contributed by atoms with E-state index in [1.165, 1.54) is 6.26 Å². The van der Waals surface area contributed by atoms with E-state index in [9.17, 15) is 14.7 Å². The van der Waals surface area contributed by atoms with Crippen molar-refractivity contribution in [1.29, 1.82) is 0 Å². The SMILES string of the molecule is CC(C)(C(=O)N1CC[C@@H](CNC(=O)c2ccco2)[C@H](O)C1)n1cccc1. The summed E-state index contributed by atoms with van der Waals surface area (Å²) in [6.07, 6.45) is 5.13. The van der Waals surface area contributed by atoms with Crippen LogP contribution in [0.4, 0.5) is 0 Å². The summed E-state index contributed by atoms with van der Waals surface area (Å²) in [7, 11) is 0. The first-order chi connectivity index (χ1) is 12.4. The molecule has 2 aromatic heterocycles. The van der Waals surface area contributed by atoms with Gasteiger partial charge in [0.15, 0.2) is 5.76 Å². The van der Waals surface area contributed by atoms with Gasteiger partial charge in [-0.05, 0) is 44.5 Å². The van der Waals surface area contributed by atoms with Crippen LogP contribution in [0.3, 0.4) is 0 Å². The quantitative estimate of drug-likeness (QED) is 0.846. The monoisotopic (exact) mass is 359 g/mol. The highest BCUT2D eigenvalue weighted by atomic mass is 16.3. The van der Waals surface area contributed by atoms with Crippen LogP contribution < -0.4 is 5.32 Å². The van der Waals surface area contributed by atoms with Crippen LogP contribution in [0, 0.1) is 5.92 Å². The zero-order valence-corrected chi connectivity index (χ0v) is 15.1. The summed E-state index contributed by atoms with van der Waals surface area (Å²) in [6, 6.07) is 7.02. The van der Waals surface area contributed by atoms with E-state index < -0.39 is 11.6 Å². The van der Waals surface area contributed by atoms with E-state index in [0.29, 0.717) is 19.5 Å². The van der Waals surface area contributed by atoms with Gasteiger partial charge >= 0.3 is 0 Å². The summed E-state index contributed by atoms with van der Waals surface area (Å²) in [6.45, 7) is 4.92. The molecule has 1 aliphatic heterocycles. The molecule has 1 fully saturated rings. The molecule has 0 spiro atoms. The lowest BCUT2D eigenvalue weighted by Crippen LogP contribution is -2.54. The molecule has 2 aromatic rings. The summed E-state index contributed by atoms with van der Waals surface area (Å²) < 4.78 is 6.93. The summed E-state index contributed by atoms with van der Waals surface area (Å²) in [5.41, 5.74) is -0.705. The number of aliphatic hydroxyl groups is 1. The maximum Gasteiger partial charge on any atom is 0.286 e. The van der Waals surface area contributed by atoms with Crippen molar-refractivity contribution in [2.75, 3.05) is 19.6 Å². The summed E-state index contributed by atoms with van der Waals surface area (Å²) in [5.74, 6) is -0.159. The van der Waals surface area contributed by atoms with Crippen LogP contribution in [-0.2, 0) is 10.3 Å². The molecule has 3 heterocycles. The number of nitrogens with one attached hydrogen (secondary N) is 1. The third kappa shape index (κ3) is 3.67. The molecular formula is C19H25N3O4. The lowest BCUT2D eigenvalue weighted by molar-refractivity contribution is -0.143. The number of carbonyl (C=O) groups excluding carboxylic acids is 2. The van der Waals surface area contributed by atoms with Gasteiger partial charge in [0.05, 0.1) is 12.4 Å². The van der Waals surface area contributed by atoms with Gasteiger partial charge in [0, 0.05) is 37.9 Å². The first-order valence-electron chi connectivity index (χ1n) is 8.82. The van der Waals surface area contributed by atoms with E-state index in [2.05, 4.69) is 5.32 Å². The standard InChI is InChI=1S/C19H25N3O4/c1-19(2,22-8-3-4-9-22)18(25)21-10-7-14(15(23)13-21)12-20-17(24)16-6-5-11-26-16/h3-6,8-9,11,14-15,23H,7,10,12-13H2,1-2H3,(H,20,24)/t14-,15+/m0/s1. The van der Waals surface area contributed by atoms with Crippen LogP contribution >= 0.6 is 0 Å². The minimum atomic E-state index is -0.705. The molecule has 0 aromatic carbocycles. The molecule has 7 heteroatoms. The molecule has 140 valence electrons. The first-order valence-corrected chi connectivity index (χ1v) is 8.82. The average molecular weight is 359 g/mol. The van der Waals surface area contributed by atoms with Crippen LogP contribution in [0.15, 0.2) is 47.3 Å². The fourth-order valence-electron chi connectivity index (χ4n) is 3.33. The van der Waals surface area contributed by atoms with Crippen molar-refractivity contribution in [3.05, 3.63) is 48.7 Å². The van der Waals surface area contributed by atoms with Gasteiger partial charge in [0.2, 0.25) is 5.91 Å². The van der Waals surface area contributed by atoms with Crippen molar-refractivity contribution in [1.82, 2.24) is 14.8 Å². The van der Waals surface area contributed by atoms with Crippen LogP contribution in [0.1, 0.15) is 30.8 Å². The van der Waals surface area contributed by atoms with E-state index >= 15 is 0 Å². The Hall–Kier alpha value is -2.54. The second-order valence-corrected chi connectivity index (χ2v) is 7.20. The average Bonchev–Trinajstić information content (AvgIpc) is 3.33. The highest BCUT2D eigenvalue weighted by molar-refractivity contribution is 5.91. The molecule has 26 heavy (non-hydrogen) atoms. The zero-order valence-electron chi connectivity index (χ0n) is 15.1. The predicted octanol–water partition coefficient (Wildman–Crippen LogP) is 1.46. The normalized spacial score (nSPS) is 20.8. The molecule has 0 aliphatic carbocycles. The smallest absolute Gasteiger partial charge is 0.286 e. The zero-order chi connectivity index (χ0) is 18.7. The molecule has 7 nitrogen and oxygen atoms in total. The highest BCUT2D eigenvalue weighted by Gasteiger charge is 2.37. The van der Waals surface area contributed by atoms with Crippen molar-refractivity contribution in [3.8, 4) is 0 Å². The van der Waals surface area contributed by atoms with Gasteiger partial charge in [-0.25, -0.2) is 0 Å². The van der Waals surface area contributed by atoms with Crippen LogP contribution in [-0.4, -0.2) is 52.1 Å². The molecule has 0 saturated carbocycles. The van der Waals surface area contributed by atoms with Crippen molar-refractivity contribution in [2.45, 2.75) is 31.9 Å². The van der Waals surface area contributed by atoms with Crippen molar-refractivity contribution >= 4 is 11.8 Å². The highest BCUT2D eigenvalue weighted by Crippen LogP contribution is 2.24. The van der Waals surface area contributed by atoms with Gasteiger partial charge in [-0.3, -0.25) is 9.59 Å². The molecular weight excluding hydrogens is 334 g/mol. The Morgan fingerprint density at radius 3 is 2.65 bits per heavy atom. The molecule has 0 unspecified atom stereocenters. The Balaban J connectivity index is 1.55. The number of hydrogen-bond acceptors (Lipinski definition) is 4. The maximum atomic E-state index is 12.9. The third-order valence-electron chi connectivity index (χ3n) is 5.05. The van der Waals surface area contributed by atoms with E-state index in [4.69, 9.17) is 4.42 Å². The topological polar surface area (TPSA) is 87.7 Å². The number of rotatable bonds is 5. The van der Waals surface area contributed by atoms with E-state index in [1.807, 2.05) is 42.9 Å². The summed E-state index contributed by atoms with van der Waals surface area (Å²) in [4.78, 5) is 26.5. The first kappa shape index (κ1) is 18.3. The summed E-state index contributed by atoms with van der Waals surface area (Å²) >= 11 is 0. The number of nitrogens with zero attached hydrogens (tertiary/aromatic N) is 2. The van der Waals surface area contributed by atoms with Gasteiger partial charge in [0.25, 0.3) is 5.91 Å². The van der Waals surface area contributed by atoms with Crippen molar-refractivity contribution in [2.24, 2.45) is 5.92 Å². The Labute approximate surface area is 152 Å². The van der Waals surface area contributed by atoms with Crippen LogP contribution in [0.5, 0.6) is 0 Å². The van der Waals surface area contributed by atoms with E-state index in [1.54, 1.807) is 17.0 Å². The van der Waals surface area contributed by atoms with Crippen molar-refractivity contribution < 1.29 is 19.1 Å². The Morgan fingerprint density at radius 2 is 2.04 bits per heavy atom. The lowest BCUT2D eigenvalue weighted by Gasteiger charge is -2.40. The molecule has 0 radical (unpaired) electrons. The molecule has 3 rings (SSSR count). The second-order valence-electron chi connectivity index (χ2n) is 7.20. The van der Waals surface area contributed by atoms with Gasteiger partial charge < -0.3 is 24.3 Å².